The minimum atomic E-state index is 1.08. The lowest BCUT2D eigenvalue weighted by atomic mass is 9.94. The summed E-state index contributed by atoms with van der Waals surface area (Å²) in [5.41, 5.74) is 38.2. The molecule has 0 fully saturated rings. The third kappa shape index (κ3) is 14.7. The first-order chi connectivity index (χ1) is 68.4. The SMILES string of the molecule is c1cc(-c2cccc(-c3cccc(-n4c5ccccc5c5ccccc54)c3)c2)cc(-c2cccc(-c3ccc4sc5cccnc5c4c3)c2)c1.c1cc(-c2cccc(-c3cccc4c3sc3cccnc34)c2)cc(-c2cccc(-n3c4ccccc4c4ccccc43)c2)c1.c1cc(-c2cccc(-c3ccnc4c3sc3ccccc34)c2)cc(-c2cccc(-n3c4ccccc4c4ccccc43)c2)c1. The lowest BCUT2D eigenvalue weighted by Gasteiger charge is -2.12. The summed E-state index contributed by atoms with van der Waals surface area (Å²) in [5.74, 6) is 0. The van der Waals surface area contributed by atoms with Gasteiger partial charge in [0.25, 0.3) is 0 Å². The predicted octanol–water partition coefficient (Wildman–Crippen LogP) is 36.3. The zero-order valence-corrected chi connectivity index (χ0v) is 77.2. The second-order valence-corrected chi connectivity index (χ2v) is 38.4. The molecule has 0 spiro atoms. The van der Waals surface area contributed by atoms with Gasteiger partial charge in [-0.3, -0.25) is 15.0 Å². The molecule has 0 radical (unpaired) electrons. The van der Waals surface area contributed by atoms with Gasteiger partial charge in [0.05, 0.1) is 63.8 Å². The Labute approximate surface area is 808 Å². The van der Waals surface area contributed by atoms with E-state index in [0.717, 1.165) is 27.9 Å². The maximum Gasteiger partial charge on any atom is 0.0894 e. The molecule has 0 saturated carbocycles. The Kier molecular flexibility index (Phi) is 20.4. The second kappa shape index (κ2) is 34.6. The van der Waals surface area contributed by atoms with Crippen molar-refractivity contribution in [3.8, 4) is 128 Å². The number of thiophene rings is 3. The van der Waals surface area contributed by atoms with Crippen LogP contribution < -0.4 is 0 Å². The average molecular weight is 1810 g/mol. The van der Waals surface area contributed by atoms with E-state index in [0.29, 0.717) is 0 Å². The number of para-hydroxylation sites is 6. The lowest BCUT2D eigenvalue weighted by molar-refractivity contribution is 1.18. The van der Waals surface area contributed by atoms with Crippen molar-refractivity contribution in [2.45, 2.75) is 0 Å². The van der Waals surface area contributed by atoms with Crippen LogP contribution in [0.15, 0.2) is 498 Å². The van der Waals surface area contributed by atoms with Gasteiger partial charge in [-0.2, -0.15) is 0 Å². The molecule has 0 bridgehead atoms. The number of nitrogens with zero attached hydrogens (tertiary/aromatic N) is 6. The highest BCUT2D eigenvalue weighted by Gasteiger charge is 2.21. The molecule has 138 heavy (non-hydrogen) atoms. The number of hydrogen-bond acceptors (Lipinski definition) is 6. The number of pyridine rings is 3. The number of fused-ring (bicyclic) bond motifs is 18. The van der Waals surface area contributed by atoms with Gasteiger partial charge >= 0.3 is 0 Å². The number of benzene rings is 19. The van der Waals surface area contributed by atoms with Crippen molar-refractivity contribution in [3.63, 3.8) is 0 Å². The molecule has 0 amide bonds. The number of aromatic nitrogens is 6. The normalized spacial score (nSPS) is 11.6. The van der Waals surface area contributed by atoms with E-state index in [1.54, 1.807) is 11.3 Å². The van der Waals surface area contributed by atoms with Crippen LogP contribution in [-0.2, 0) is 0 Å². The molecule has 0 saturated heterocycles. The Morgan fingerprint density at radius 2 is 0.406 bits per heavy atom. The Morgan fingerprint density at radius 3 is 0.790 bits per heavy atom. The summed E-state index contributed by atoms with van der Waals surface area (Å²) in [5, 5.41) is 11.3. The Hall–Kier alpha value is -17.3. The first kappa shape index (κ1) is 81.5. The van der Waals surface area contributed by atoms with Crippen LogP contribution in [0.25, 0.3) is 255 Å². The molecular formula is C129H82N6S3. The minimum Gasteiger partial charge on any atom is -0.309 e. The highest BCUT2D eigenvalue weighted by molar-refractivity contribution is 7.27. The van der Waals surface area contributed by atoms with Gasteiger partial charge in [-0.15, -0.1) is 34.0 Å². The summed E-state index contributed by atoms with van der Waals surface area (Å²) in [6.45, 7) is 0. The molecule has 9 aromatic heterocycles. The summed E-state index contributed by atoms with van der Waals surface area (Å²) in [6, 6.07) is 173. The molecule has 0 N–H and O–H groups in total. The van der Waals surface area contributed by atoms with Crippen LogP contribution in [0.5, 0.6) is 0 Å². The highest BCUT2D eigenvalue weighted by Crippen LogP contribution is 2.46. The zero-order chi connectivity index (χ0) is 91.1. The first-order valence-electron chi connectivity index (χ1n) is 46.7. The monoisotopic (exact) mass is 1810 g/mol. The van der Waals surface area contributed by atoms with Gasteiger partial charge < -0.3 is 13.7 Å². The summed E-state index contributed by atoms with van der Waals surface area (Å²) in [6.07, 6.45) is 5.70. The van der Waals surface area contributed by atoms with E-state index in [4.69, 9.17) is 4.98 Å². The van der Waals surface area contributed by atoms with Crippen molar-refractivity contribution in [3.05, 3.63) is 498 Å². The van der Waals surface area contributed by atoms with E-state index in [1.165, 1.54) is 227 Å². The van der Waals surface area contributed by atoms with Crippen LogP contribution in [0.1, 0.15) is 0 Å². The smallest absolute Gasteiger partial charge is 0.0894 e. The molecule has 6 nitrogen and oxygen atoms in total. The molecule has 646 valence electrons. The average Bonchev–Trinajstić information content (AvgIpc) is 1.60. The topological polar surface area (TPSA) is 53.5 Å². The van der Waals surface area contributed by atoms with Gasteiger partial charge in [-0.05, 0) is 269 Å². The molecule has 0 aliphatic heterocycles. The third-order valence-corrected chi connectivity index (χ3v) is 30.6. The fourth-order valence-electron chi connectivity index (χ4n) is 20.7. The van der Waals surface area contributed by atoms with E-state index in [9.17, 15) is 0 Å². The molecular weight excluding hydrogens is 1730 g/mol. The summed E-state index contributed by atoms with van der Waals surface area (Å²) >= 11 is 5.44. The molecule has 28 rings (SSSR count). The Morgan fingerprint density at radius 1 is 0.145 bits per heavy atom. The van der Waals surface area contributed by atoms with E-state index in [-0.39, 0.29) is 0 Å². The molecule has 9 heterocycles. The van der Waals surface area contributed by atoms with Crippen molar-refractivity contribution in [2.24, 2.45) is 0 Å². The van der Waals surface area contributed by atoms with Gasteiger partial charge in [0.2, 0.25) is 0 Å². The molecule has 0 aliphatic rings. The standard InChI is InChI=1S/C47H30N2S.2C41H26N2S/c1-3-20-43-40(18-1)41-19-2-4-21-44(41)49(43)39-17-8-16-37(29-39)35-14-6-12-33(27-35)31-10-5-11-32(26-31)34-13-7-15-36(28-34)38-23-24-45-42(30-38)47-46(50-45)22-9-25-48-47;1-4-19-37-34(16-1)35-17-2-5-20-38(35)43(37)32-15-9-13-30(26-32)28-11-7-10-27(24-28)29-12-8-14-31(25-29)33-22-23-42-40-36-18-3-6-21-39(36)44-41(33)40;1-3-20-37-34(16-1)35-17-2-4-21-38(35)43(37)32-15-7-13-30(26-32)28-11-5-10-27(24-28)29-12-6-14-31(25-29)33-18-8-19-36-40-39(44-41(33)36)22-9-23-42-40/h1-30H;2*1-26H. The Balaban J connectivity index is 0.000000107. The predicted molar refractivity (Wildman–Crippen MR) is 589 cm³/mol. The van der Waals surface area contributed by atoms with Crippen molar-refractivity contribution in [1.29, 1.82) is 0 Å². The van der Waals surface area contributed by atoms with Crippen molar-refractivity contribution < 1.29 is 0 Å². The third-order valence-electron chi connectivity index (χ3n) is 27.1. The van der Waals surface area contributed by atoms with E-state index in [2.05, 4.69) is 491 Å². The van der Waals surface area contributed by atoms with Crippen molar-refractivity contribution in [2.75, 3.05) is 0 Å². The van der Waals surface area contributed by atoms with Crippen LogP contribution in [0.4, 0.5) is 0 Å². The molecule has 0 atom stereocenters. The lowest BCUT2D eigenvalue weighted by Crippen LogP contribution is -1.94. The Bertz CT molecular complexity index is 9160. The fraction of sp³-hybridized carbons (Fsp3) is 0. The second-order valence-electron chi connectivity index (χ2n) is 35.3. The molecule has 0 unspecified atom stereocenters. The van der Waals surface area contributed by atoms with Crippen LogP contribution in [-0.4, -0.2) is 28.7 Å². The minimum absolute atomic E-state index is 1.08. The summed E-state index contributed by atoms with van der Waals surface area (Å²) < 4.78 is 14.7. The quantitative estimate of drug-likeness (QED) is 0.116. The van der Waals surface area contributed by atoms with Gasteiger partial charge in [0, 0.05) is 104 Å². The summed E-state index contributed by atoms with van der Waals surface area (Å²) in [7, 11) is 0. The maximum absolute atomic E-state index is 4.75. The number of hydrogen-bond donors (Lipinski definition) is 0. The highest BCUT2D eigenvalue weighted by atomic mass is 32.1. The van der Waals surface area contributed by atoms with E-state index in [1.807, 2.05) is 53.4 Å². The van der Waals surface area contributed by atoms with Crippen LogP contribution in [0.2, 0.25) is 0 Å². The zero-order valence-electron chi connectivity index (χ0n) is 74.8. The summed E-state index contributed by atoms with van der Waals surface area (Å²) in [4.78, 5) is 14.1. The molecule has 9 heteroatoms. The van der Waals surface area contributed by atoms with E-state index < -0.39 is 0 Å². The largest absolute Gasteiger partial charge is 0.309 e. The van der Waals surface area contributed by atoms with Gasteiger partial charge in [-0.1, -0.05) is 315 Å². The first-order valence-corrected chi connectivity index (χ1v) is 49.2. The van der Waals surface area contributed by atoms with Crippen LogP contribution in [0.3, 0.4) is 0 Å². The maximum atomic E-state index is 4.75. The van der Waals surface area contributed by atoms with Crippen molar-refractivity contribution >= 4 is 160 Å². The van der Waals surface area contributed by atoms with Gasteiger partial charge in [-0.25, -0.2) is 0 Å². The van der Waals surface area contributed by atoms with Gasteiger partial charge in [0.15, 0.2) is 0 Å². The van der Waals surface area contributed by atoms with Crippen LogP contribution in [0, 0.1) is 0 Å². The fourth-order valence-corrected chi connectivity index (χ4v) is 24.1. The molecule has 0 aliphatic carbocycles. The molecule has 19 aromatic carbocycles. The number of rotatable bonds is 13. The van der Waals surface area contributed by atoms with E-state index >= 15 is 0 Å². The van der Waals surface area contributed by atoms with Crippen molar-refractivity contribution in [1.82, 2.24) is 28.7 Å². The van der Waals surface area contributed by atoms with Crippen LogP contribution >= 0.6 is 34.0 Å². The van der Waals surface area contributed by atoms with Gasteiger partial charge in [0.1, 0.15) is 0 Å². The molecule has 28 aromatic rings.